The fourth-order valence-corrected chi connectivity index (χ4v) is 2.41. The predicted octanol–water partition coefficient (Wildman–Crippen LogP) is 5.55. The fourth-order valence-electron chi connectivity index (χ4n) is 1.24. The van der Waals surface area contributed by atoms with E-state index in [4.69, 9.17) is 34.8 Å². The lowest BCUT2D eigenvalue weighted by molar-refractivity contribution is 1.29. The summed E-state index contributed by atoms with van der Waals surface area (Å²) >= 11 is 21.4. The average molecular weight is 352 g/mol. The van der Waals surface area contributed by atoms with Gasteiger partial charge in [-0.15, -0.1) is 0 Å². The zero-order valence-electron chi connectivity index (χ0n) is 8.35. The van der Waals surface area contributed by atoms with Crippen molar-refractivity contribution in [2.75, 3.05) is 5.32 Å². The zero-order valence-corrected chi connectivity index (χ0v) is 12.2. The number of benzene rings is 1. The van der Waals surface area contributed by atoms with Crippen LogP contribution < -0.4 is 5.32 Å². The first-order valence-electron chi connectivity index (χ1n) is 4.60. The summed E-state index contributed by atoms with van der Waals surface area (Å²) in [6.45, 7) is 0. The molecule has 0 saturated carbocycles. The highest BCUT2D eigenvalue weighted by atomic mass is 79.9. The molecule has 1 N–H and O–H groups in total. The molecule has 1 heterocycles. The van der Waals surface area contributed by atoms with Crippen LogP contribution in [-0.2, 0) is 0 Å². The van der Waals surface area contributed by atoms with Crippen LogP contribution in [0.1, 0.15) is 0 Å². The minimum Gasteiger partial charge on any atom is -0.337 e. The van der Waals surface area contributed by atoms with Crippen LogP contribution in [0.15, 0.2) is 34.9 Å². The van der Waals surface area contributed by atoms with Gasteiger partial charge < -0.3 is 5.32 Å². The molecular formula is C11H6BrCl3N2. The minimum atomic E-state index is 0.482. The van der Waals surface area contributed by atoms with Crippen molar-refractivity contribution in [2.24, 2.45) is 0 Å². The van der Waals surface area contributed by atoms with E-state index < -0.39 is 0 Å². The molecule has 2 rings (SSSR count). The first-order valence-corrected chi connectivity index (χ1v) is 6.52. The summed E-state index contributed by atoms with van der Waals surface area (Å²) in [4.78, 5) is 4.15. The lowest BCUT2D eigenvalue weighted by atomic mass is 10.3. The van der Waals surface area contributed by atoms with Gasteiger partial charge in [-0.25, -0.2) is 4.98 Å². The van der Waals surface area contributed by atoms with Gasteiger partial charge in [-0.2, -0.15) is 0 Å². The molecule has 0 aliphatic rings. The van der Waals surface area contributed by atoms with Crippen molar-refractivity contribution in [1.82, 2.24) is 4.98 Å². The summed E-state index contributed by atoms with van der Waals surface area (Å²) in [6, 6.07) is 6.99. The number of pyridine rings is 1. The van der Waals surface area contributed by atoms with Crippen molar-refractivity contribution in [2.45, 2.75) is 0 Å². The Morgan fingerprint density at radius 1 is 1.06 bits per heavy atom. The van der Waals surface area contributed by atoms with Gasteiger partial charge in [-0.3, -0.25) is 0 Å². The van der Waals surface area contributed by atoms with E-state index in [9.17, 15) is 0 Å². The van der Waals surface area contributed by atoms with Crippen molar-refractivity contribution in [3.05, 3.63) is 50.0 Å². The first-order chi connectivity index (χ1) is 8.08. The third-order valence-corrected chi connectivity index (χ3v) is 3.37. The van der Waals surface area contributed by atoms with Crippen LogP contribution >= 0.6 is 50.7 Å². The normalized spacial score (nSPS) is 10.4. The van der Waals surface area contributed by atoms with E-state index in [-0.39, 0.29) is 0 Å². The monoisotopic (exact) mass is 350 g/mol. The largest absolute Gasteiger partial charge is 0.337 e. The standard InChI is InChI=1S/C11H6BrCl3N2/c12-6-4-9(15)11(16-5-6)17-10-7(13)2-1-3-8(10)14/h1-5H,(H,16,17). The van der Waals surface area contributed by atoms with Gasteiger partial charge >= 0.3 is 0 Å². The fraction of sp³-hybridized carbons (Fsp3) is 0. The Hall–Kier alpha value is -0.480. The topological polar surface area (TPSA) is 24.9 Å². The van der Waals surface area contributed by atoms with Crippen LogP contribution in [0.25, 0.3) is 0 Å². The second-order valence-corrected chi connectivity index (χ2v) is 5.34. The van der Waals surface area contributed by atoms with Crippen molar-refractivity contribution < 1.29 is 0 Å². The molecule has 2 aromatic rings. The molecule has 88 valence electrons. The summed E-state index contributed by atoms with van der Waals surface area (Å²) in [5.41, 5.74) is 0.590. The van der Waals surface area contributed by atoms with Gasteiger partial charge in [-0.1, -0.05) is 40.9 Å². The lowest BCUT2D eigenvalue weighted by Crippen LogP contribution is -1.96. The summed E-state index contributed by atoms with van der Waals surface area (Å²) in [5, 5.41) is 4.51. The number of nitrogens with one attached hydrogen (secondary N) is 1. The second kappa shape index (κ2) is 5.44. The molecule has 0 fully saturated rings. The van der Waals surface area contributed by atoms with E-state index in [0.717, 1.165) is 4.47 Å². The van der Waals surface area contributed by atoms with Gasteiger partial charge in [0, 0.05) is 10.7 Å². The zero-order chi connectivity index (χ0) is 12.4. The summed E-state index contributed by atoms with van der Waals surface area (Å²) in [6.07, 6.45) is 1.64. The number of para-hydroxylation sites is 1. The van der Waals surface area contributed by atoms with Crippen molar-refractivity contribution in [3.63, 3.8) is 0 Å². The SMILES string of the molecule is Clc1cc(Br)cnc1Nc1c(Cl)cccc1Cl. The van der Waals surface area contributed by atoms with Gasteiger partial charge in [0.15, 0.2) is 0 Å². The summed E-state index contributed by atoms with van der Waals surface area (Å²) < 4.78 is 0.804. The van der Waals surface area contributed by atoms with E-state index in [2.05, 4.69) is 26.2 Å². The molecule has 6 heteroatoms. The summed E-state index contributed by atoms with van der Waals surface area (Å²) in [5.74, 6) is 0.505. The molecule has 0 unspecified atom stereocenters. The third kappa shape index (κ3) is 3.05. The van der Waals surface area contributed by atoms with E-state index in [0.29, 0.717) is 26.6 Å². The Balaban J connectivity index is 2.38. The highest BCUT2D eigenvalue weighted by Gasteiger charge is 2.09. The maximum absolute atomic E-state index is 6.04. The molecule has 0 spiro atoms. The van der Waals surface area contributed by atoms with Crippen molar-refractivity contribution >= 4 is 62.2 Å². The van der Waals surface area contributed by atoms with E-state index in [1.54, 1.807) is 30.5 Å². The van der Waals surface area contributed by atoms with Crippen LogP contribution in [0.3, 0.4) is 0 Å². The molecular weight excluding hydrogens is 346 g/mol. The molecule has 0 saturated heterocycles. The number of anilines is 2. The number of halogens is 4. The quantitative estimate of drug-likeness (QED) is 0.767. The van der Waals surface area contributed by atoms with E-state index in [1.165, 1.54) is 0 Å². The Bertz CT molecular complexity index is 540. The predicted molar refractivity (Wildman–Crippen MR) is 76.7 cm³/mol. The second-order valence-electron chi connectivity index (χ2n) is 3.21. The van der Waals surface area contributed by atoms with Crippen LogP contribution in [0.2, 0.25) is 15.1 Å². The van der Waals surface area contributed by atoms with Gasteiger partial charge in [0.05, 0.1) is 20.8 Å². The highest BCUT2D eigenvalue weighted by molar-refractivity contribution is 9.10. The number of hydrogen-bond donors (Lipinski definition) is 1. The van der Waals surface area contributed by atoms with Gasteiger partial charge in [0.25, 0.3) is 0 Å². The highest BCUT2D eigenvalue weighted by Crippen LogP contribution is 2.34. The van der Waals surface area contributed by atoms with Crippen LogP contribution in [0.5, 0.6) is 0 Å². The maximum atomic E-state index is 6.04. The average Bonchev–Trinajstić information content (AvgIpc) is 2.26. The maximum Gasteiger partial charge on any atom is 0.149 e. The molecule has 1 aromatic heterocycles. The Morgan fingerprint density at radius 2 is 1.71 bits per heavy atom. The van der Waals surface area contributed by atoms with Gasteiger partial charge in [0.1, 0.15) is 5.82 Å². The first kappa shape index (κ1) is 13.0. The third-order valence-electron chi connectivity index (χ3n) is 2.01. The van der Waals surface area contributed by atoms with E-state index >= 15 is 0 Å². The van der Waals surface area contributed by atoms with Gasteiger partial charge in [0.2, 0.25) is 0 Å². The molecule has 0 bridgehead atoms. The summed E-state index contributed by atoms with van der Waals surface area (Å²) in [7, 11) is 0. The Kier molecular flexibility index (Phi) is 4.15. The Labute approximate surface area is 122 Å². The molecule has 0 atom stereocenters. The van der Waals surface area contributed by atoms with E-state index in [1.807, 2.05) is 0 Å². The van der Waals surface area contributed by atoms with Gasteiger partial charge in [-0.05, 0) is 34.1 Å². The van der Waals surface area contributed by atoms with Crippen LogP contribution in [-0.4, -0.2) is 4.98 Å². The molecule has 0 aliphatic carbocycles. The Morgan fingerprint density at radius 3 is 2.29 bits per heavy atom. The molecule has 1 aromatic carbocycles. The van der Waals surface area contributed by atoms with Crippen molar-refractivity contribution in [3.8, 4) is 0 Å². The molecule has 2 nitrogen and oxygen atoms in total. The number of aromatic nitrogens is 1. The number of rotatable bonds is 2. The van der Waals surface area contributed by atoms with Crippen LogP contribution in [0, 0.1) is 0 Å². The molecule has 0 aliphatic heterocycles. The molecule has 0 radical (unpaired) electrons. The van der Waals surface area contributed by atoms with Crippen LogP contribution in [0.4, 0.5) is 11.5 Å². The number of nitrogens with zero attached hydrogens (tertiary/aromatic N) is 1. The number of hydrogen-bond acceptors (Lipinski definition) is 2. The smallest absolute Gasteiger partial charge is 0.149 e. The lowest BCUT2D eigenvalue weighted by Gasteiger charge is -2.10. The minimum absolute atomic E-state index is 0.482. The molecule has 17 heavy (non-hydrogen) atoms. The molecule has 0 amide bonds. The van der Waals surface area contributed by atoms with Crippen molar-refractivity contribution in [1.29, 1.82) is 0 Å².